The number of sulfonamides is 1. The Bertz CT molecular complexity index is 1600. The van der Waals surface area contributed by atoms with Crippen LogP contribution in [0, 0.1) is 12.8 Å². The van der Waals surface area contributed by atoms with Crippen molar-refractivity contribution in [2.75, 3.05) is 17.4 Å². The summed E-state index contributed by atoms with van der Waals surface area (Å²) < 4.78 is 69.8. The van der Waals surface area contributed by atoms with Crippen LogP contribution in [0.1, 0.15) is 37.5 Å². The monoisotopic (exact) mass is 691 g/mol. The molecule has 3 aromatic carbocycles. The molecule has 0 aliphatic heterocycles. The fourth-order valence-electron chi connectivity index (χ4n) is 4.14. The number of rotatable bonds is 11. The average Bonchev–Trinajstić information content (AvgIpc) is 2.94. The van der Waals surface area contributed by atoms with Gasteiger partial charge in [-0.3, -0.25) is 13.9 Å². The van der Waals surface area contributed by atoms with Gasteiger partial charge in [0.25, 0.3) is 10.0 Å². The second-order valence-corrected chi connectivity index (χ2v) is 13.6. The normalized spacial score (nSPS) is 12.6. The summed E-state index contributed by atoms with van der Waals surface area (Å²) in [6, 6.07) is 11.7. The van der Waals surface area contributed by atoms with Crippen molar-refractivity contribution in [2.45, 2.75) is 51.4 Å². The van der Waals surface area contributed by atoms with Crippen LogP contribution in [0.4, 0.5) is 18.9 Å². The van der Waals surface area contributed by atoms with E-state index in [9.17, 15) is 31.2 Å². The maximum Gasteiger partial charge on any atom is 0.417 e. The summed E-state index contributed by atoms with van der Waals surface area (Å²) in [7, 11) is -4.61. The fraction of sp³-hybridized carbons (Fsp3) is 0.333. The van der Waals surface area contributed by atoms with Crippen molar-refractivity contribution in [1.29, 1.82) is 0 Å². The Morgan fingerprint density at radius 2 is 1.50 bits per heavy atom. The average molecular weight is 693 g/mol. The molecule has 238 valence electrons. The summed E-state index contributed by atoms with van der Waals surface area (Å²) in [5.41, 5.74) is -0.703. The molecule has 0 saturated carbocycles. The molecule has 0 heterocycles. The molecule has 1 N–H and O–H groups in total. The Labute approximate surface area is 269 Å². The molecule has 0 radical (unpaired) electrons. The van der Waals surface area contributed by atoms with Crippen molar-refractivity contribution in [2.24, 2.45) is 5.92 Å². The van der Waals surface area contributed by atoms with Gasteiger partial charge in [0.1, 0.15) is 12.6 Å². The van der Waals surface area contributed by atoms with Gasteiger partial charge in [0.2, 0.25) is 11.8 Å². The third-order valence-electron chi connectivity index (χ3n) is 6.67. The Balaban J connectivity index is 2.14. The quantitative estimate of drug-likeness (QED) is 0.228. The van der Waals surface area contributed by atoms with Crippen LogP contribution >= 0.6 is 34.8 Å². The summed E-state index contributed by atoms with van der Waals surface area (Å²) >= 11 is 18.5. The first kappa shape index (κ1) is 35.5. The fourth-order valence-corrected chi connectivity index (χ4v) is 6.29. The van der Waals surface area contributed by atoms with E-state index < -0.39 is 56.9 Å². The minimum absolute atomic E-state index is 0.0937. The van der Waals surface area contributed by atoms with Crippen molar-refractivity contribution in [3.05, 3.63) is 92.4 Å². The van der Waals surface area contributed by atoms with Crippen molar-refractivity contribution in [1.82, 2.24) is 10.2 Å². The van der Waals surface area contributed by atoms with Gasteiger partial charge in [0.05, 0.1) is 21.2 Å². The van der Waals surface area contributed by atoms with Crippen LogP contribution in [0.15, 0.2) is 65.6 Å². The van der Waals surface area contributed by atoms with E-state index in [1.165, 1.54) is 43.3 Å². The number of alkyl halides is 3. The number of benzene rings is 3. The van der Waals surface area contributed by atoms with E-state index in [4.69, 9.17) is 34.8 Å². The SMILES string of the molecule is Cc1ccc(S(=O)(=O)N(CC(=O)N(Cc2c(Cl)cccc2Cl)C(C)C(=O)NCC(C)C)c2ccc(Cl)c(C(F)(F)F)c2)cc1. The zero-order valence-electron chi connectivity index (χ0n) is 24.3. The number of amides is 2. The topological polar surface area (TPSA) is 86.8 Å². The van der Waals surface area contributed by atoms with E-state index in [0.717, 1.165) is 22.6 Å². The molecule has 14 heteroatoms. The second-order valence-electron chi connectivity index (χ2n) is 10.5. The van der Waals surface area contributed by atoms with E-state index in [-0.39, 0.29) is 27.4 Å². The molecule has 0 aliphatic carbocycles. The number of aryl methyl sites for hydroxylation is 1. The largest absolute Gasteiger partial charge is 0.417 e. The van der Waals surface area contributed by atoms with Crippen molar-refractivity contribution in [3.8, 4) is 0 Å². The lowest BCUT2D eigenvalue weighted by Gasteiger charge is -2.32. The predicted molar refractivity (Wildman–Crippen MR) is 166 cm³/mol. The number of anilines is 1. The van der Waals surface area contributed by atoms with Gasteiger partial charge in [-0.25, -0.2) is 8.42 Å². The number of halogens is 6. The summed E-state index contributed by atoms with van der Waals surface area (Å²) in [6.45, 7) is 5.99. The Morgan fingerprint density at radius 3 is 2.05 bits per heavy atom. The van der Waals surface area contributed by atoms with Gasteiger partial charge >= 0.3 is 6.18 Å². The van der Waals surface area contributed by atoms with Crippen LogP contribution in [0.3, 0.4) is 0 Å². The van der Waals surface area contributed by atoms with Crippen LogP contribution in [0.25, 0.3) is 0 Å². The first-order chi connectivity index (χ1) is 20.4. The highest BCUT2D eigenvalue weighted by atomic mass is 35.5. The van der Waals surface area contributed by atoms with Gasteiger partial charge in [0, 0.05) is 28.7 Å². The molecule has 3 rings (SSSR count). The molecule has 0 fully saturated rings. The number of nitrogens with one attached hydrogen (secondary N) is 1. The van der Waals surface area contributed by atoms with E-state index in [1.54, 1.807) is 13.0 Å². The van der Waals surface area contributed by atoms with Gasteiger partial charge < -0.3 is 10.2 Å². The van der Waals surface area contributed by atoms with Crippen molar-refractivity contribution < 1.29 is 31.2 Å². The number of carbonyl (C=O) groups excluding carboxylic acids is 2. The summed E-state index contributed by atoms with van der Waals surface area (Å²) in [5, 5.41) is 2.48. The number of hydrogen-bond donors (Lipinski definition) is 1. The summed E-state index contributed by atoms with van der Waals surface area (Å²) in [4.78, 5) is 28.0. The maximum atomic E-state index is 14.0. The molecule has 0 spiro atoms. The smallest absolute Gasteiger partial charge is 0.354 e. The van der Waals surface area contributed by atoms with Gasteiger partial charge in [-0.15, -0.1) is 0 Å². The van der Waals surface area contributed by atoms with E-state index in [1.807, 2.05) is 13.8 Å². The molecule has 44 heavy (non-hydrogen) atoms. The number of carbonyl (C=O) groups is 2. The molecule has 3 aromatic rings. The third kappa shape index (κ3) is 8.59. The first-order valence-electron chi connectivity index (χ1n) is 13.4. The van der Waals surface area contributed by atoms with Crippen LogP contribution in [0.2, 0.25) is 15.1 Å². The molecule has 7 nitrogen and oxygen atoms in total. The summed E-state index contributed by atoms with van der Waals surface area (Å²) in [5.74, 6) is -1.34. The van der Waals surface area contributed by atoms with E-state index >= 15 is 0 Å². The Hall–Kier alpha value is -2.99. The Kier molecular flexibility index (Phi) is 11.6. The second kappa shape index (κ2) is 14.4. The minimum atomic E-state index is -4.91. The van der Waals surface area contributed by atoms with Crippen LogP contribution in [-0.2, 0) is 32.3 Å². The molecular weight excluding hydrogens is 662 g/mol. The molecule has 2 amide bonds. The van der Waals surface area contributed by atoms with Gasteiger partial charge in [-0.2, -0.15) is 13.2 Å². The lowest BCUT2D eigenvalue weighted by atomic mass is 10.1. The molecular formula is C30H31Cl3F3N3O4S. The number of nitrogens with zero attached hydrogens (tertiary/aromatic N) is 2. The summed E-state index contributed by atoms with van der Waals surface area (Å²) in [6.07, 6.45) is -4.91. The van der Waals surface area contributed by atoms with Gasteiger partial charge in [-0.1, -0.05) is 72.4 Å². The lowest BCUT2D eigenvalue weighted by molar-refractivity contribution is -0.139. The molecule has 1 unspecified atom stereocenters. The standard InChI is InChI=1S/C30H31Cl3F3N3O4S/c1-18(2)15-37-29(41)20(4)38(16-23-25(31)6-5-7-26(23)32)28(40)17-39(44(42,43)22-11-8-19(3)9-12-22)21-10-13-27(33)24(14-21)30(34,35)36/h5-14,18,20H,15-17H2,1-4H3,(H,37,41). The lowest BCUT2D eigenvalue weighted by Crippen LogP contribution is -2.51. The highest BCUT2D eigenvalue weighted by molar-refractivity contribution is 7.92. The van der Waals surface area contributed by atoms with Gasteiger partial charge in [-0.05, 0) is 62.2 Å². The minimum Gasteiger partial charge on any atom is -0.354 e. The number of hydrogen-bond acceptors (Lipinski definition) is 4. The van der Waals surface area contributed by atoms with Gasteiger partial charge in [0.15, 0.2) is 0 Å². The molecule has 0 saturated heterocycles. The molecule has 0 aliphatic rings. The molecule has 0 aromatic heterocycles. The predicted octanol–water partition coefficient (Wildman–Crippen LogP) is 7.36. The van der Waals surface area contributed by atoms with Crippen molar-refractivity contribution >= 4 is 62.3 Å². The molecule has 0 bridgehead atoms. The van der Waals surface area contributed by atoms with Crippen molar-refractivity contribution in [3.63, 3.8) is 0 Å². The maximum absolute atomic E-state index is 14.0. The zero-order valence-corrected chi connectivity index (χ0v) is 27.3. The van der Waals surface area contributed by atoms with E-state index in [0.29, 0.717) is 22.5 Å². The van der Waals surface area contributed by atoms with Crippen LogP contribution in [-0.4, -0.2) is 44.3 Å². The van der Waals surface area contributed by atoms with Crippen LogP contribution < -0.4 is 9.62 Å². The Morgan fingerprint density at radius 1 is 0.909 bits per heavy atom. The first-order valence-corrected chi connectivity index (χ1v) is 16.0. The zero-order chi connectivity index (χ0) is 33.0. The third-order valence-corrected chi connectivity index (χ3v) is 9.50. The van der Waals surface area contributed by atoms with E-state index in [2.05, 4.69) is 5.32 Å². The highest BCUT2D eigenvalue weighted by Gasteiger charge is 2.37. The van der Waals surface area contributed by atoms with Crippen LogP contribution in [0.5, 0.6) is 0 Å². The molecule has 1 atom stereocenters. The highest BCUT2D eigenvalue weighted by Crippen LogP contribution is 2.38.